The number of sulfonamides is 1. The van der Waals surface area contributed by atoms with Gasteiger partial charge in [0.05, 0.1) is 30.4 Å². The van der Waals surface area contributed by atoms with E-state index in [1.807, 2.05) is 31.2 Å². The van der Waals surface area contributed by atoms with E-state index in [2.05, 4.69) is 10.2 Å². The Balaban J connectivity index is 1.54. The van der Waals surface area contributed by atoms with Crippen molar-refractivity contribution in [2.45, 2.75) is 63.3 Å². The van der Waals surface area contributed by atoms with Crippen LogP contribution in [0.2, 0.25) is 0 Å². The lowest BCUT2D eigenvalue weighted by Gasteiger charge is -2.49. The number of aromatic carboxylic acids is 1. The first-order chi connectivity index (χ1) is 20.5. The number of amides is 2. The van der Waals surface area contributed by atoms with E-state index in [9.17, 15) is 27.9 Å². The van der Waals surface area contributed by atoms with Gasteiger partial charge in [-0.3, -0.25) is 14.4 Å². The van der Waals surface area contributed by atoms with E-state index in [4.69, 9.17) is 4.84 Å². The Bertz CT molecular complexity index is 1640. The Morgan fingerprint density at radius 1 is 1.00 bits per heavy atom. The second-order valence-electron chi connectivity index (χ2n) is 11.2. The second kappa shape index (κ2) is 12.7. The van der Waals surface area contributed by atoms with E-state index >= 15 is 0 Å². The highest BCUT2D eigenvalue weighted by Crippen LogP contribution is 2.46. The molecule has 0 radical (unpaired) electrons. The van der Waals surface area contributed by atoms with Crippen LogP contribution in [-0.4, -0.2) is 54.5 Å². The lowest BCUT2D eigenvalue weighted by atomic mass is 9.76. The van der Waals surface area contributed by atoms with Crippen molar-refractivity contribution in [3.05, 3.63) is 106 Å². The molecule has 0 aromatic heterocycles. The summed E-state index contributed by atoms with van der Waals surface area (Å²) >= 11 is 0. The van der Waals surface area contributed by atoms with Crippen LogP contribution >= 0.6 is 0 Å². The lowest BCUT2D eigenvalue weighted by Crippen LogP contribution is -2.59. The number of benzene rings is 3. The van der Waals surface area contributed by atoms with Gasteiger partial charge < -0.3 is 10.0 Å². The average molecular weight is 606 g/mol. The number of carbonyl (C=O) groups is 3. The average Bonchev–Trinajstić information content (AvgIpc) is 2.97. The van der Waals surface area contributed by atoms with Gasteiger partial charge in [-0.15, -0.1) is 0 Å². The molecule has 2 amide bonds. The zero-order chi connectivity index (χ0) is 30.7. The third kappa shape index (κ3) is 6.79. The molecular formula is C32H35N3O7S. The van der Waals surface area contributed by atoms with E-state index in [1.54, 1.807) is 41.3 Å². The van der Waals surface area contributed by atoms with Gasteiger partial charge in [-0.25, -0.2) is 23.4 Å². The molecule has 2 aliphatic rings. The van der Waals surface area contributed by atoms with Gasteiger partial charge in [0.15, 0.2) is 0 Å². The Morgan fingerprint density at radius 3 is 2.49 bits per heavy atom. The van der Waals surface area contributed by atoms with E-state index in [0.29, 0.717) is 29.5 Å². The molecule has 3 aromatic rings. The van der Waals surface area contributed by atoms with Crippen LogP contribution in [0.15, 0.2) is 72.8 Å². The van der Waals surface area contributed by atoms with Crippen molar-refractivity contribution in [2.24, 2.45) is 0 Å². The van der Waals surface area contributed by atoms with Gasteiger partial charge in [-0.05, 0) is 54.7 Å². The summed E-state index contributed by atoms with van der Waals surface area (Å²) < 4.78 is 27.4. The predicted molar refractivity (Wildman–Crippen MR) is 160 cm³/mol. The minimum Gasteiger partial charge on any atom is -0.478 e. The van der Waals surface area contributed by atoms with Crippen LogP contribution in [-0.2, 0) is 26.3 Å². The predicted octanol–water partition coefficient (Wildman–Crippen LogP) is 4.08. The number of hydrogen-bond acceptors (Lipinski definition) is 6. The minimum atomic E-state index is -3.56. The number of hydrogen-bond donors (Lipinski definition) is 3. The number of nitrogens with zero attached hydrogens (tertiary/aromatic N) is 1. The largest absolute Gasteiger partial charge is 0.478 e. The molecule has 4 atom stereocenters. The molecule has 0 saturated heterocycles. The Morgan fingerprint density at radius 2 is 1.74 bits per heavy atom. The third-order valence-corrected chi connectivity index (χ3v) is 8.81. The summed E-state index contributed by atoms with van der Waals surface area (Å²) in [6.07, 6.45) is 3.89. The van der Waals surface area contributed by atoms with Crippen molar-refractivity contribution >= 4 is 27.8 Å². The van der Waals surface area contributed by atoms with Crippen LogP contribution in [0.3, 0.4) is 0 Å². The molecule has 0 bridgehead atoms. The van der Waals surface area contributed by atoms with Crippen LogP contribution in [0.1, 0.15) is 80.6 Å². The Labute approximate surface area is 251 Å². The monoisotopic (exact) mass is 605 g/mol. The summed E-state index contributed by atoms with van der Waals surface area (Å²) in [4.78, 5) is 47.0. The van der Waals surface area contributed by atoms with Gasteiger partial charge in [0.25, 0.3) is 11.8 Å². The zero-order valence-corrected chi connectivity index (χ0v) is 24.8. The van der Waals surface area contributed by atoms with Gasteiger partial charge in [-0.1, -0.05) is 73.0 Å². The maximum atomic E-state index is 14.3. The van der Waals surface area contributed by atoms with Crippen molar-refractivity contribution in [3.63, 3.8) is 0 Å². The van der Waals surface area contributed by atoms with Crippen LogP contribution in [0, 0.1) is 6.92 Å². The van der Waals surface area contributed by atoms with Gasteiger partial charge in [0, 0.05) is 17.6 Å². The number of hydroxylamine groups is 1. The topological polar surface area (TPSA) is 142 Å². The molecule has 10 nitrogen and oxygen atoms in total. The number of carboxylic acids is 1. The summed E-state index contributed by atoms with van der Waals surface area (Å²) in [5.41, 5.74) is 5.85. The molecule has 1 heterocycles. The summed E-state index contributed by atoms with van der Waals surface area (Å²) in [5, 5.41) is 9.30. The fourth-order valence-corrected chi connectivity index (χ4v) is 7.14. The van der Waals surface area contributed by atoms with E-state index in [0.717, 1.165) is 30.2 Å². The molecule has 11 heteroatoms. The SMILES string of the molecule is Cc1cccc([C@H]2[C@H](C(=O)NOCc3cccc(C(=O)O)c3)c3ccccc3C(=O)N2[C@H]2CCCC[C@@H]2NS(C)(=O)=O)c1. The summed E-state index contributed by atoms with van der Waals surface area (Å²) in [6.45, 7) is 1.87. The fraction of sp³-hybridized carbons (Fsp3) is 0.344. The minimum absolute atomic E-state index is 0.0675. The fourth-order valence-electron chi connectivity index (χ4n) is 6.31. The normalized spacial score (nSPS) is 22.1. The molecule has 0 unspecified atom stereocenters. The maximum absolute atomic E-state index is 14.3. The summed E-state index contributed by atoms with van der Waals surface area (Å²) in [7, 11) is -3.56. The van der Waals surface area contributed by atoms with Crippen LogP contribution < -0.4 is 10.2 Å². The van der Waals surface area contributed by atoms with Gasteiger partial charge >= 0.3 is 5.97 Å². The molecule has 43 heavy (non-hydrogen) atoms. The summed E-state index contributed by atoms with van der Waals surface area (Å²) in [5.74, 6) is -2.68. The number of aryl methyl sites for hydroxylation is 1. The smallest absolute Gasteiger partial charge is 0.335 e. The standard InChI is InChI=1S/C32H35N3O7S/c1-20-9-7-11-22(17-20)29-28(30(36)33-42-19-21-10-8-12-23(18-21)32(38)39)24-13-3-4-14-25(24)31(37)35(29)27-16-6-5-15-26(27)34-43(2,40)41/h3-4,7-14,17-18,26-29,34H,5-6,15-16,19H2,1-2H3,(H,33,36)(H,38,39)/t26-,27-,28+,29-/m0/s1. The first-order valence-corrected chi connectivity index (χ1v) is 16.1. The highest BCUT2D eigenvalue weighted by atomic mass is 32.2. The number of carbonyl (C=O) groups excluding carboxylic acids is 2. The highest BCUT2D eigenvalue weighted by Gasteiger charge is 2.49. The van der Waals surface area contributed by atoms with Gasteiger partial charge in [-0.2, -0.15) is 0 Å². The van der Waals surface area contributed by atoms with Crippen molar-refractivity contribution in [1.82, 2.24) is 15.1 Å². The quantitative estimate of drug-likeness (QED) is 0.312. The van der Waals surface area contributed by atoms with E-state index < -0.39 is 45.9 Å². The molecule has 1 saturated carbocycles. The number of nitrogens with one attached hydrogen (secondary N) is 2. The van der Waals surface area contributed by atoms with Crippen LogP contribution in [0.5, 0.6) is 0 Å². The van der Waals surface area contributed by atoms with Crippen LogP contribution in [0.4, 0.5) is 0 Å². The molecule has 1 aliphatic carbocycles. The Kier molecular flexibility index (Phi) is 8.95. The number of fused-ring (bicyclic) bond motifs is 1. The van der Waals surface area contributed by atoms with Crippen LogP contribution in [0.25, 0.3) is 0 Å². The van der Waals surface area contributed by atoms with Crippen molar-refractivity contribution in [2.75, 3.05) is 6.26 Å². The third-order valence-electron chi connectivity index (χ3n) is 8.08. The van der Waals surface area contributed by atoms with E-state index in [-0.39, 0.29) is 18.1 Å². The van der Waals surface area contributed by atoms with Gasteiger partial charge in [0.2, 0.25) is 10.0 Å². The zero-order valence-electron chi connectivity index (χ0n) is 24.0. The van der Waals surface area contributed by atoms with Crippen molar-refractivity contribution < 1.29 is 32.7 Å². The molecular weight excluding hydrogens is 570 g/mol. The van der Waals surface area contributed by atoms with Gasteiger partial charge in [0.1, 0.15) is 0 Å². The molecule has 0 spiro atoms. The molecule has 226 valence electrons. The summed E-state index contributed by atoms with van der Waals surface area (Å²) in [6, 6.07) is 19.1. The first kappa shape index (κ1) is 30.4. The van der Waals surface area contributed by atoms with E-state index in [1.165, 1.54) is 12.1 Å². The molecule has 1 fully saturated rings. The molecule has 3 N–H and O–H groups in total. The molecule has 3 aromatic carbocycles. The lowest BCUT2D eigenvalue weighted by molar-refractivity contribution is -0.138. The maximum Gasteiger partial charge on any atom is 0.335 e. The molecule has 1 aliphatic heterocycles. The Hall–Kier alpha value is -4.06. The van der Waals surface area contributed by atoms with Crippen molar-refractivity contribution in [3.8, 4) is 0 Å². The second-order valence-corrected chi connectivity index (χ2v) is 13.0. The van der Waals surface area contributed by atoms with Crippen molar-refractivity contribution in [1.29, 1.82) is 0 Å². The first-order valence-electron chi connectivity index (χ1n) is 14.2. The number of carboxylic acid groups (broad SMARTS) is 1. The number of rotatable bonds is 9. The molecule has 5 rings (SSSR count). The highest BCUT2D eigenvalue weighted by molar-refractivity contribution is 7.88.